The number of rotatable bonds is 4. The molecule has 0 unspecified atom stereocenters. The van der Waals surface area contributed by atoms with Crippen molar-refractivity contribution in [2.75, 3.05) is 24.3 Å². The van der Waals surface area contributed by atoms with Gasteiger partial charge in [0.1, 0.15) is 18.9 Å². The Balaban J connectivity index is 1.79. The van der Waals surface area contributed by atoms with Crippen molar-refractivity contribution in [2.24, 2.45) is 0 Å². The topological polar surface area (TPSA) is 73.3 Å². The van der Waals surface area contributed by atoms with Gasteiger partial charge in [-0.15, -0.1) is 0 Å². The van der Waals surface area contributed by atoms with Crippen molar-refractivity contribution in [3.8, 4) is 11.5 Å². The lowest BCUT2D eigenvalue weighted by molar-refractivity contribution is 0.102. The van der Waals surface area contributed by atoms with Crippen molar-refractivity contribution in [1.82, 2.24) is 9.97 Å². The second kappa shape index (κ2) is 6.87. The van der Waals surface area contributed by atoms with Crippen LogP contribution < -0.4 is 14.8 Å². The summed E-state index contributed by atoms with van der Waals surface area (Å²) in [7, 11) is 0. The van der Waals surface area contributed by atoms with Crippen molar-refractivity contribution in [2.45, 2.75) is 19.0 Å². The summed E-state index contributed by atoms with van der Waals surface area (Å²) in [6.07, 6.45) is 0. The van der Waals surface area contributed by atoms with E-state index in [9.17, 15) is 4.79 Å². The lowest BCUT2D eigenvalue weighted by Crippen LogP contribution is -2.17. The molecule has 0 radical (unpaired) electrons. The smallest absolute Gasteiger partial charge is 0.274 e. The van der Waals surface area contributed by atoms with E-state index in [0.717, 1.165) is 11.4 Å². The molecule has 1 aromatic carbocycles. The van der Waals surface area contributed by atoms with Gasteiger partial charge in [0, 0.05) is 17.4 Å². The molecular weight excluding hydrogens is 314 g/mol. The van der Waals surface area contributed by atoms with Gasteiger partial charge in [0.25, 0.3) is 5.91 Å². The van der Waals surface area contributed by atoms with E-state index in [2.05, 4.69) is 15.3 Å². The van der Waals surface area contributed by atoms with Crippen LogP contribution in [0.2, 0.25) is 0 Å². The number of carbonyl (C=O) groups is 1. The zero-order valence-corrected chi connectivity index (χ0v) is 13.8. The van der Waals surface area contributed by atoms with Gasteiger partial charge in [-0.25, -0.2) is 9.97 Å². The predicted octanol–water partition coefficient (Wildman–Crippen LogP) is 2.92. The Labute approximate surface area is 138 Å². The molecule has 0 saturated carbocycles. The molecule has 7 heteroatoms. The van der Waals surface area contributed by atoms with Crippen LogP contribution in [0.15, 0.2) is 29.4 Å². The molecule has 6 nitrogen and oxygen atoms in total. The number of aryl methyl sites for hydroxylation is 1. The highest BCUT2D eigenvalue weighted by molar-refractivity contribution is 7.99. The van der Waals surface area contributed by atoms with Crippen LogP contribution in [0.4, 0.5) is 5.69 Å². The first-order valence-electron chi connectivity index (χ1n) is 7.35. The van der Waals surface area contributed by atoms with Crippen LogP contribution in [-0.4, -0.2) is 34.8 Å². The van der Waals surface area contributed by atoms with Gasteiger partial charge in [0.2, 0.25) is 0 Å². The molecule has 2 heterocycles. The summed E-state index contributed by atoms with van der Waals surface area (Å²) in [4.78, 5) is 21.0. The van der Waals surface area contributed by atoms with Gasteiger partial charge in [-0.3, -0.25) is 4.79 Å². The fourth-order valence-electron chi connectivity index (χ4n) is 2.17. The molecule has 0 saturated heterocycles. The number of carbonyl (C=O) groups excluding carboxylic acids is 1. The van der Waals surface area contributed by atoms with Gasteiger partial charge in [0.05, 0.1) is 0 Å². The number of amides is 1. The van der Waals surface area contributed by atoms with Gasteiger partial charge in [-0.1, -0.05) is 18.7 Å². The lowest BCUT2D eigenvalue weighted by atomic mass is 10.2. The largest absolute Gasteiger partial charge is 0.486 e. The molecule has 0 fully saturated rings. The number of nitrogens with one attached hydrogen (secondary N) is 1. The first-order valence-corrected chi connectivity index (χ1v) is 8.34. The van der Waals surface area contributed by atoms with Crippen LogP contribution in [0.3, 0.4) is 0 Å². The van der Waals surface area contributed by atoms with Gasteiger partial charge in [0.15, 0.2) is 16.7 Å². The summed E-state index contributed by atoms with van der Waals surface area (Å²) < 4.78 is 11.0. The maximum absolute atomic E-state index is 12.4. The third-order valence-corrected chi connectivity index (χ3v) is 3.87. The van der Waals surface area contributed by atoms with Crippen molar-refractivity contribution >= 4 is 23.4 Å². The number of thioether (sulfide) groups is 1. The minimum absolute atomic E-state index is 0.273. The fourth-order valence-corrected chi connectivity index (χ4v) is 2.80. The Bertz CT molecular complexity index is 737. The van der Waals surface area contributed by atoms with E-state index in [4.69, 9.17) is 9.47 Å². The van der Waals surface area contributed by atoms with E-state index in [1.807, 2.05) is 13.8 Å². The number of anilines is 1. The summed E-state index contributed by atoms with van der Waals surface area (Å²) in [5.41, 5.74) is 1.76. The van der Waals surface area contributed by atoms with Gasteiger partial charge >= 0.3 is 0 Å². The van der Waals surface area contributed by atoms with Crippen molar-refractivity contribution < 1.29 is 14.3 Å². The quantitative estimate of drug-likeness (QED) is 0.686. The first kappa shape index (κ1) is 15.6. The molecule has 23 heavy (non-hydrogen) atoms. The van der Waals surface area contributed by atoms with Gasteiger partial charge in [-0.05, 0) is 30.9 Å². The Morgan fingerprint density at radius 3 is 2.78 bits per heavy atom. The number of benzene rings is 1. The molecular formula is C16H17N3O3S. The molecule has 1 aliphatic rings. The van der Waals surface area contributed by atoms with Gasteiger partial charge in [-0.2, -0.15) is 0 Å². The van der Waals surface area contributed by atoms with Crippen molar-refractivity contribution in [1.29, 1.82) is 0 Å². The van der Waals surface area contributed by atoms with Crippen LogP contribution in [0.25, 0.3) is 0 Å². The molecule has 1 aliphatic heterocycles. The van der Waals surface area contributed by atoms with Crippen LogP contribution in [0, 0.1) is 6.92 Å². The molecule has 0 spiro atoms. The highest BCUT2D eigenvalue weighted by Gasteiger charge is 2.15. The monoisotopic (exact) mass is 331 g/mol. The number of fused-ring (bicyclic) bond motifs is 1. The average Bonchev–Trinajstić information content (AvgIpc) is 2.54. The normalized spacial score (nSPS) is 12.8. The summed E-state index contributed by atoms with van der Waals surface area (Å²) in [5.74, 6) is 1.90. The highest BCUT2D eigenvalue weighted by Crippen LogP contribution is 2.32. The number of hydrogen-bond donors (Lipinski definition) is 1. The molecule has 0 atom stereocenters. The van der Waals surface area contributed by atoms with Crippen LogP contribution >= 0.6 is 11.8 Å². The molecule has 1 aromatic heterocycles. The van der Waals surface area contributed by atoms with Crippen molar-refractivity contribution in [3.63, 3.8) is 0 Å². The molecule has 120 valence electrons. The Kier molecular flexibility index (Phi) is 4.66. The molecule has 0 aliphatic carbocycles. The zero-order valence-electron chi connectivity index (χ0n) is 13.0. The minimum atomic E-state index is -0.273. The molecule has 2 aromatic rings. The van der Waals surface area contributed by atoms with Crippen LogP contribution in [-0.2, 0) is 0 Å². The number of nitrogens with zero attached hydrogens (tertiary/aromatic N) is 2. The zero-order chi connectivity index (χ0) is 16.2. The summed E-state index contributed by atoms with van der Waals surface area (Å²) >= 11 is 1.51. The molecule has 1 amide bonds. The Morgan fingerprint density at radius 1 is 1.22 bits per heavy atom. The van der Waals surface area contributed by atoms with E-state index in [0.29, 0.717) is 41.3 Å². The molecule has 1 N–H and O–H groups in total. The number of hydrogen-bond acceptors (Lipinski definition) is 6. The summed E-state index contributed by atoms with van der Waals surface area (Å²) in [6.45, 7) is 4.91. The second-order valence-electron chi connectivity index (χ2n) is 4.92. The molecule has 0 bridgehead atoms. The maximum atomic E-state index is 12.4. The van der Waals surface area contributed by atoms with E-state index in [1.54, 1.807) is 24.3 Å². The Hall–Kier alpha value is -2.28. The highest BCUT2D eigenvalue weighted by atomic mass is 32.2. The summed E-state index contributed by atoms with van der Waals surface area (Å²) in [5, 5.41) is 3.44. The molecule has 3 rings (SSSR count). The van der Waals surface area contributed by atoms with E-state index in [1.165, 1.54) is 11.8 Å². The third kappa shape index (κ3) is 3.73. The second-order valence-corrected chi connectivity index (χ2v) is 6.15. The fraction of sp³-hybridized carbons (Fsp3) is 0.312. The van der Waals surface area contributed by atoms with Crippen LogP contribution in [0.5, 0.6) is 11.5 Å². The summed E-state index contributed by atoms with van der Waals surface area (Å²) in [6, 6.07) is 6.99. The first-order chi connectivity index (χ1) is 11.2. The third-order valence-electron chi connectivity index (χ3n) is 3.14. The number of aromatic nitrogens is 2. The van der Waals surface area contributed by atoms with E-state index in [-0.39, 0.29) is 5.91 Å². The van der Waals surface area contributed by atoms with E-state index < -0.39 is 0 Å². The SMILES string of the molecule is CCSc1nc(C)cc(C(=O)Nc2ccc3c(c2)OCCO3)n1. The van der Waals surface area contributed by atoms with Crippen LogP contribution in [0.1, 0.15) is 23.1 Å². The maximum Gasteiger partial charge on any atom is 0.274 e. The average molecular weight is 331 g/mol. The standard InChI is InChI=1S/C16H17N3O3S/c1-3-23-16-17-10(2)8-12(19-16)15(20)18-11-4-5-13-14(9-11)22-7-6-21-13/h4-5,8-9H,3,6-7H2,1-2H3,(H,18,20). The number of ether oxygens (including phenoxy) is 2. The minimum Gasteiger partial charge on any atom is -0.486 e. The lowest BCUT2D eigenvalue weighted by Gasteiger charge is -2.19. The predicted molar refractivity (Wildman–Crippen MR) is 88.6 cm³/mol. The van der Waals surface area contributed by atoms with Crippen molar-refractivity contribution in [3.05, 3.63) is 35.7 Å². The van der Waals surface area contributed by atoms with E-state index >= 15 is 0 Å². The Morgan fingerprint density at radius 2 is 2.00 bits per heavy atom. The van der Waals surface area contributed by atoms with Gasteiger partial charge < -0.3 is 14.8 Å².